The van der Waals surface area contributed by atoms with Crippen LogP contribution in [0.25, 0.3) is 0 Å². The van der Waals surface area contributed by atoms with E-state index in [2.05, 4.69) is 4.99 Å². The molecule has 0 aromatic heterocycles. The van der Waals surface area contributed by atoms with Crippen LogP contribution in [-0.4, -0.2) is 12.8 Å². The number of halogens is 1. The molecule has 0 aliphatic carbocycles. The number of hydrogen-bond acceptors (Lipinski definition) is 3. The maximum Gasteiger partial charge on any atom is 0.185 e. The zero-order valence-electron chi connectivity index (χ0n) is 8.48. The second-order valence-electron chi connectivity index (χ2n) is 2.76. The Kier molecular flexibility index (Phi) is 4.71. The predicted molar refractivity (Wildman–Crippen MR) is 63.5 cm³/mol. The first kappa shape index (κ1) is 11.6. The fourth-order valence-corrected chi connectivity index (χ4v) is 1.06. The number of aliphatic imine (C=N–C) groups is 1. The van der Waals surface area contributed by atoms with Gasteiger partial charge in [-0.1, -0.05) is 11.6 Å². The Labute approximate surface area is 94.2 Å². The van der Waals surface area contributed by atoms with Gasteiger partial charge in [0.05, 0.1) is 12.3 Å². The van der Waals surface area contributed by atoms with E-state index in [1.165, 1.54) is 0 Å². The van der Waals surface area contributed by atoms with Crippen molar-refractivity contribution in [3.05, 3.63) is 41.2 Å². The van der Waals surface area contributed by atoms with Crippen LogP contribution in [0, 0.1) is 0 Å². The zero-order valence-corrected chi connectivity index (χ0v) is 9.24. The van der Waals surface area contributed by atoms with Crippen molar-refractivity contribution in [3.63, 3.8) is 0 Å². The maximum atomic E-state index is 5.73. The first-order valence-corrected chi connectivity index (χ1v) is 4.98. The average Bonchev–Trinajstić information content (AvgIpc) is 2.21. The van der Waals surface area contributed by atoms with Crippen LogP contribution in [0.1, 0.15) is 6.92 Å². The van der Waals surface area contributed by atoms with Gasteiger partial charge < -0.3 is 10.5 Å². The molecule has 0 saturated carbocycles. The Morgan fingerprint density at radius 2 is 2.13 bits per heavy atom. The molecule has 0 atom stereocenters. The second kappa shape index (κ2) is 6.09. The predicted octanol–water partition coefficient (Wildman–Crippen LogP) is 2.88. The minimum Gasteiger partial charge on any atom is -0.480 e. The quantitative estimate of drug-likeness (QED) is 0.632. The van der Waals surface area contributed by atoms with E-state index >= 15 is 0 Å². The number of benzene rings is 1. The molecular weight excluding hydrogens is 212 g/mol. The van der Waals surface area contributed by atoms with Gasteiger partial charge in [-0.15, -0.1) is 0 Å². The molecule has 0 bridgehead atoms. The molecule has 0 amide bonds. The zero-order chi connectivity index (χ0) is 11.1. The van der Waals surface area contributed by atoms with Crippen molar-refractivity contribution in [1.82, 2.24) is 0 Å². The van der Waals surface area contributed by atoms with Gasteiger partial charge in [0.2, 0.25) is 0 Å². The molecule has 0 saturated heterocycles. The summed E-state index contributed by atoms with van der Waals surface area (Å²) in [5, 5.41) is 0.693. The summed E-state index contributed by atoms with van der Waals surface area (Å²) in [6.07, 6.45) is 3.20. The molecular formula is C11H13ClN2O. The summed E-state index contributed by atoms with van der Waals surface area (Å²) in [5.41, 5.74) is 6.32. The van der Waals surface area contributed by atoms with Crippen LogP contribution in [0.4, 0.5) is 5.69 Å². The summed E-state index contributed by atoms with van der Waals surface area (Å²) in [7, 11) is 0. The second-order valence-corrected chi connectivity index (χ2v) is 3.19. The molecule has 1 aromatic rings. The SMILES string of the molecule is CCOC(N)=CC=Nc1ccc(Cl)cc1. The molecule has 0 aliphatic heterocycles. The summed E-state index contributed by atoms with van der Waals surface area (Å²) in [6.45, 7) is 2.42. The van der Waals surface area contributed by atoms with Crippen molar-refractivity contribution in [2.45, 2.75) is 6.92 Å². The lowest BCUT2D eigenvalue weighted by Gasteiger charge is -1.98. The van der Waals surface area contributed by atoms with Crippen molar-refractivity contribution >= 4 is 23.5 Å². The van der Waals surface area contributed by atoms with Crippen LogP contribution in [0.15, 0.2) is 41.2 Å². The lowest BCUT2D eigenvalue weighted by Crippen LogP contribution is -2.02. The lowest BCUT2D eigenvalue weighted by molar-refractivity contribution is 0.227. The normalized spacial score (nSPS) is 12.0. The van der Waals surface area contributed by atoms with Gasteiger partial charge in [0.1, 0.15) is 0 Å². The van der Waals surface area contributed by atoms with E-state index in [0.717, 1.165) is 5.69 Å². The third-order valence-corrected chi connectivity index (χ3v) is 1.85. The minimum atomic E-state index is 0.357. The third-order valence-electron chi connectivity index (χ3n) is 1.60. The van der Waals surface area contributed by atoms with Crippen LogP contribution in [0.5, 0.6) is 0 Å². The van der Waals surface area contributed by atoms with Crippen molar-refractivity contribution < 1.29 is 4.74 Å². The largest absolute Gasteiger partial charge is 0.480 e. The number of rotatable bonds is 4. The minimum absolute atomic E-state index is 0.357. The topological polar surface area (TPSA) is 47.6 Å². The molecule has 0 radical (unpaired) electrons. The van der Waals surface area contributed by atoms with E-state index in [1.807, 2.05) is 19.1 Å². The highest BCUT2D eigenvalue weighted by atomic mass is 35.5. The van der Waals surface area contributed by atoms with E-state index in [0.29, 0.717) is 17.5 Å². The molecule has 1 rings (SSSR count). The van der Waals surface area contributed by atoms with Gasteiger partial charge in [-0.3, -0.25) is 4.99 Å². The first-order valence-electron chi connectivity index (χ1n) is 4.60. The van der Waals surface area contributed by atoms with Gasteiger partial charge >= 0.3 is 0 Å². The molecule has 15 heavy (non-hydrogen) atoms. The standard InChI is InChI=1S/C11H13ClN2O/c1-2-15-11(13)7-8-14-10-5-3-9(12)4-6-10/h3-8H,2,13H2,1H3. The lowest BCUT2D eigenvalue weighted by atomic mass is 10.3. The molecule has 1 aromatic carbocycles. The number of nitrogens with two attached hydrogens (primary N) is 1. The molecule has 80 valence electrons. The Morgan fingerprint density at radius 1 is 1.47 bits per heavy atom. The van der Waals surface area contributed by atoms with Crippen molar-refractivity contribution in [1.29, 1.82) is 0 Å². The summed E-state index contributed by atoms with van der Waals surface area (Å²) in [6, 6.07) is 7.21. The molecule has 4 heteroatoms. The van der Waals surface area contributed by atoms with Crippen molar-refractivity contribution in [2.24, 2.45) is 10.7 Å². The molecule has 0 unspecified atom stereocenters. The fourth-order valence-electron chi connectivity index (χ4n) is 0.939. The molecule has 2 N–H and O–H groups in total. The summed E-state index contributed by atoms with van der Waals surface area (Å²) in [5.74, 6) is 0.357. The molecule has 0 fully saturated rings. The molecule has 0 spiro atoms. The highest BCUT2D eigenvalue weighted by molar-refractivity contribution is 6.30. The highest BCUT2D eigenvalue weighted by Crippen LogP contribution is 2.15. The van der Waals surface area contributed by atoms with Gasteiger partial charge in [-0.2, -0.15) is 0 Å². The van der Waals surface area contributed by atoms with Gasteiger partial charge in [0, 0.05) is 17.3 Å². The van der Waals surface area contributed by atoms with Crippen LogP contribution in [-0.2, 0) is 4.74 Å². The van der Waals surface area contributed by atoms with Crippen LogP contribution in [0.2, 0.25) is 5.02 Å². The fraction of sp³-hybridized carbons (Fsp3) is 0.182. The number of ether oxygens (including phenoxy) is 1. The van der Waals surface area contributed by atoms with Gasteiger partial charge in [0.15, 0.2) is 5.88 Å². The van der Waals surface area contributed by atoms with E-state index in [9.17, 15) is 0 Å². The van der Waals surface area contributed by atoms with Crippen LogP contribution >= 0.6 is 11.6 Å². The van der Waals surface area contributed by atoms with E-state index in [1.54, 1.807) is 24.4 Å². The summed E-state index contributed by atoms with van der Waals surface area (Å²) < 4.78 is 5.03. The number of hydrogen-bond donors (Lipinski definition) is 1. The van der Waals surface area contributed by atoms with Crippen LogP contribution in [0.3, 0.4) is 0 Å². The smallest absolute Gasteiger partial charge is 0.185 e. The van der Waals surface area contributed by atoms with E-state index < -0.39 is 0 Å². The Morgan fingerprint density at radius 3 is 2.73 bits per heavy atom. The van der Waals surface area contributed by atoms with Crippen molar-refractivity contribution in [3.8, 4) is 0 Å². The van der Waals surface area contributed by atoms with Gasteiger partial charge in [0.25, 0.3) is 0 Å². The van der Waals surface area contributed by atoms with E-state index in [4.69, 9.17) is 22.1 Å². The first-order chi connectivity index (χ1) is 7.22. The molecule has 3 nitrogen and oxygen atoms in total. The Hall–Kier alpha value is -1.48. The Balaban J connectivity index is 2.58. The number of allylic oxidation sites excluding steroid dienone is 1. The maximum absolute atomic E-state index is 5.73. The highest BCUT2D eigenvalue weighted by Gasteiger charge is 1.88. The monoisotopic (exact) mass is 224 g/mol. The van der Waals surface area contributed by atoms with Gasteiger partial charge in [-0.05, 0) is 31.2 Å². The van der Waals surface area contributed by atoms with Gasteiger partial charge in [-0.25, -0.2) is 0 Å². The summed E-state index contributed by atoms with van der Waals surface area (Å²) in [4.78, 5) is 4.15. The van der Waals surface area contributed by atoms with Crippen molar-refractivity contribution in [2.75, 3.05) is 6.61 Å². The third kappa shape index (κ3) is 4.51. The molecule has 0 aliphatic rings. The molecule has 0 heterocycles. The average molecular weight is 225 g/mol. The van der Waals surface area contributed by atoms with Crippen LogP contribution < -0.4 is 5.73 Å². The number of nitrogens with zero attached hydrogens (tertiary/aromatic N) is 1. The summed E-state index contributed by atoms with van der Waals surface area (Å²) >= 11 is 5.73. The van der Waals surface area contributed by atoms with E-state index in [-0.39, 0.29) is 0 Å². The Bertz CT molecular complexity index is 357.